The standard InChI is InChI=1S/C17H16N4O3S2/c1-2-11-5-7-12(8-6-11)18-14(22)10-25-17-21-20-16(26-17)19-15(23)13-4-3-9-24-13/h3-9H,2,10H2,1H3,(H,18,22)(H,19,20,23). The van der Waals surface area contributed by atoms with E-state index in [0.717, 1.165) is 12.1 Å². The van der Waals surface area contributed by atoms with Crippen LogP contribution in [0.2, 0.25) is 0 Å². The Hall–Kier alpha value is -2.65. The number of carbonyl (C=O) groups is 2. The number of carbonyl (C=O) groups excluding carboxylic acids is 2. The highest BCUT2D eigenvalue weighted by Crippen LogP contribution is 2.26. The topological polar surface area (TPSA) is 97.1 Å². The number of nitrogens with one attached hydrogen (secondary N) is 2. The Morgan fingerprint density at radius 3 is 2.65 bits per heavy atom. The van der Waals surface area contributed by atoms with Crippen molar-refractivity contribution in [3.8, 4) is 0 Å². The first-order chi connectivity index (χ1) is 12.6. The third-order valence-corrected chi connectivity index (χ3v) is 5.32. The van der Waals surface area contributed by atoms with Gasteiger partial charge in [-0.15, -0.1) is 10.2 Å². The summed E-state index contributed by atoms with van der Waals surface area (Å²) in [5.74, 6) is -0.120. The summed E-state index contributed by atoms with van der Waals surface area (Å²) in [5.41, 5.74) is 1.98. The molecule has 2 N–H and O–H groups in total. The van der Waals surface area contributed by atoms with E-state index in [-0.39, 0.29) is 17.4 Å². The molecule has 0 fully saturated rings. The number of aryl methyl sites for hydroxylation is 1. The number of aromatic nitrogens is 2. The van der Waals surface area contributed by atoms with Crippen LogP contribution >= 0.6 is 23.1 Å². The first-order valence-corrected chi connectivity index (χ1v) is 9.64. The van der Waals surface area contributed by atoms with Crippen LogP contribution in [0.4, 0.5) is 10.8 Å². The van der Waals surface area contributed by atoms with Gasteiger partial charge in [-0.1, -0.05) is 42.2 Å². The van der Waals surface area contributed by atoms with E-state index in [1.165, 1.54) is 34.9 Å². The van der Waals surface area contributed by atoms with E-state index >= 15 is 0 Å². The molecule has 0 spiro atoms. The lowest BCUT2D eigenvalue weighted by molar-refractivity contribution is -0.113. The van der Waals surface area contributed by atoms with Gasteiger partial charge in [-0.25, -0.2) is 0 Å². The summed E-state index contributed by atoms with van der Waals surface area (Å²) in [6, 6.07) is 10.9. The fourth-order valence-corrected chi connectivity index (χ4v) is 3.58. The minimum absolute atomic E-state index is 0.129. The molecule has 3 aromatic rings. The highest BCUT2D eigenvalue weighted by atomic mass is 32.2. The molecule has 0 bridgehead atoms. The summed E-state index contributed by atoms with van der Waals surface area (Å²) in [5, 5.41) is 13.6. The molecule has 0 aliphatic carbocycles. The van der Waals surface area contributed by atoms with Crippen LogP contribution in [0.25, 0.3) is 0 Å². The molecule has 2 heterocycles. The van der Waals surface area contributed by atoms with Gasteiger partial charge in [0.1, 0.15) is 0 Å². The van der Waals surface area contributed by atoms with Gasteiger partial charge in [0.15, 0.2) is 10.1 Å². The molecule has 0 unspecified atom stereocenters. The number of hydrogen-bond acceptors (Lipinski definition) is 7. The van der Waals surface area contributed by atoms with E-state index in [9.17, 15) is 9.59 Å². The molecule has 0 aliphatic rings. The van der Waals surface area contributed by atoms with Gasteiger partial charge in [-0.3, -0.25) is 14.9 Å². The van der Waals surface area contributed by atoms with Crippen LogP contribution < -0.4 is 10.6 Å². The minimum Gasteiger partial charge on any atom is -0.459 e. The van der Waals surface area contributed by atoms with Gasteiger partial charge in [-0.05, 0) is 36.2 Å². The summed E-state index contributed by atoms with van der Waals surface area (Å²) in [4.78, 5) is 23.9. The Morgan fingerprint density at radius 1 is 1.15 bits per heavy atom. The number of rotatable bonds is 7. The van der Waals surface area contributed by atoms with Crippen molar-refractivity contribution in [1.82, 2.24) is 10.2 Å². The van der Waals surface area contributed by atoms with Crippen LogP contribution in [-0.4, -0.2) is 27.8 Å². The Kier molecular flexibility index (Phi) is 6.03. The molecule has 26 heavy (non-hydrogen) atoms. The van der Waals surface area contributed by atoms with Crippen LogP contribution in [-0.2, 0) is 11.2 Å². The van der Waals surface area contributed by atoms with Gasteiger partial charge in [0.25, 0.3) is 5.91 Å². The zero-order valence-electron chi connectivity index (χ0n) is 13.9. The average molecular weight is 388 g/mol. The number of anilines is 2. The largest absolute Gasteiger partial charge is 0.459 e. The van der Waals surface area contributed by atoms with Crippen LogP contribution in [0.3, 0.4) is 0 Å². The molecule has 0 atom stereocenters. The number of nitrogens with zero attached hydrogens (tertiary/aromatic N) is 2. The molecule has 0 saturated carbocycles. The highest BCUT2D eigenvalue weighted by molar-refractivity contribution is 8.01. The molecule has 7 nitrogen and oxygen atoms in total. The molecular weight excluding hydrogens is 372 g/mol. The summed E-state index contributed by atoms with van der Waals surface area (Å²) in [7, 11) is 0. The molecule has 9 heteroatoms. The molecule has 0 saturated heterocycles. The van der Waals surface area contributed by atoms with Crippen molar-refractivity contribution in [2.75, 3.05) is 16.4 Å². The number of thioether (sulfide) groups is 1. The Morgan fingerprint density at radius 2 is 1.96 bits per heavy atom. The third kappa shape index (κ3) is 4.93. The molecule has 0 aliphatic heterocycles. The summed E-state index contributed by atoms with van der Waals surface area (Å²) in [6.07, 6.45) is 2.38. The van der Waals surface area contributed by atoms with Gasteiger partial charge >= 0.3 is 0 Å². The predicted octanol–water partition coefficient (Wildman–Crippen LogP) is 3.68. The van der Waals surface area contributed by atoms with E-state index in [2.05, 4.69) is 27.8 Å². The van der Waals surface area contributed by atoms with Crippen molar-refractivity contribution < 1.29 is 14.0 Å². The van der Waals surface area contributed by atoms with E-state index in [4.69, 9.17) is 4.42 Å². The fourth-order valence-electron chi connectivity index (χ4n) is 2.03. The lowest BCUT2D eigenvalue weighted by Crippen LogP contribution is -2.13. The van der Waals surface area contributed by atoms with Crippen molar-refractivity contribution in [1.29, 1.82) is 0 Å². The quantitative estimate of drug-likeness (QED) is 0.473. The number of amides is 2. The summed E-state index contributed by atoms with van der Waals surface area (Å²) < 4.78 is 5.60. The van der Waals surface area contributed by atoms with Crippen molar-refractivity contribution in [3.05, 3.63) is 54.0 Å². The zero-order chi connectivity index (χ0) is 18.4. The number of furan rings is 1. The third-order valence-electron chi connectivity index (χ3n) is 3.34. The average Bonchev–Trinajstić information content (AvgIpc) is 3.33. The molecule has 1 aromatic carbocycles. The van der Waals surface area contributed by atoms with Crippen LogP contribution in [0.5, 0.6) is 0 Å². The second kappa shape index (κ2) is 8.63. The van der Waals surface area contributed by atoms with Crippen LogP contribution in [0.1, 0.15) is 23.0 Å². The second-order valence-electron chi connectivity index (χ2n) is 5.19. The lowest BCUT2D eigenvalue weighted by Gasteiger charge is -2.05. The monoisotopic (exact) mass is 388 g/mol. The SMILES string of the molecule is CCc1ccc(NC(=O)CSc2nnc(NC(=O)c3ccco3)s2)cc1. The van der Waals surface area contributed by atoms with Gasteiger partial charge in [0.05, 0.1) is 12.0 Å². The van der Waals surface area contributed by atoms with Gasteiger partial charge in [-0.2, -0.15) is 0 Å². The summed E-state index contributed by atoms with van der Waals surface area (Å²) in [6.45, 7) is 2.08. The molecular formula is C17H16N4O3S2. The second-order valence-corrected chi connectivity index (χ2v) is 7.39. The van der Waals surface area contributed by atoms with E-state index in [1.807, 2.05) is 24.3 Å². The molecule has 3 rings (SSSR count). The first-order valence-electron chi connectivity index (χ1n) is 7.84. The zero-order valence-corrected chi connectivity index (χ0v) is 15.5. The van der Waals surface area contributed by atoms with Crippen molar-refractivity contribution in [2.24, 2.45) is 0 Å². The summed E-state index contributed by atoms with van der Waals surface area (Å²) >= 11 is 2.46. The molecule has 2 aromatic heterocycles. The van der Waals surface area contributed by atoms with E-state index < -0.39 is 5.91 Å². The van der Waals surface area contributed by atoms with E-state index in [0.29, 0.717) is 9.47 Å². The number of benzene rings is 1. The van der Waals surface area contributed by atoms with Crippen molar-refractivity contribution in [3.63, 3.8) is 0 Å². The van der Waals surface area contributed by atoms with Crippen molar-refractivity contribution in [2.45, 2.75) is 17.7 Å². The molecule has 0 radical (unpaired) electrons. The fraction of sp³-hybridized carbons (Fsp3) is 0.176. The van der Waals surface area contributed by atoms with E-state index in [1.54, 1.807) is 12.1 Å². The predicted molar refractivity (Wildman–Crippen MR) is 102 cm³/mol. The molecule has 2 amide bonds. The maximum absolute atomic E-state index is 12.0. The molecule has 134 valence electrons. The normalized spacial score (nSPS) is 10.5. The minimum atomic E-state index is -0.393. The number of hydrogen-bond donors (Lipinski definition) is 2. The first kappa shape index (κ1) is 18.2. The highest BCUT2D eigenvalue weighted by Gasteiger charge is 2.13. The van der Waals surface area contributed by atoms with Crippen LogP contribution in [0.15, 0.2) is 51.4 Å². The Bertz CT molecular complexity index is 876. The van der Waals surface area contributed by atoms with Gasteiger partial charge in [0, 0.05) is 5.69 Å². The maximum atomic E-state index is 12.0. The lowest BCUT2D eigenvalue weighted by atomic mass is 10.1. The smallest absolute Gasteiger partial charge is 0.293 e. The van der Waals surface area contributed by atoms with Crippen molar-refractivity contribution >= 4 is 45.7 Å². The van der Waals surface area contributed by atoms with Crippen LogP contribution in [0, 0.1) is 0 Å². The Balaban J connectivity index is 1.48. The maximum Gasteiger partial charge on any atom is 0.293 e. The van der Waals surface area contributed by atoms with Gasteiger partial charge in [0.2, 0.25) is 11.0 Å². The Labute approximate surface area is 158 Å². The van der Waals surface area contributed by atoms with Gasteiger partial charge < -0.3 is 9.73 Å².